The summed E-state index contributed by atoms with van der Waals surface area (Å²) in [6.45, 7) is 4.78. The van der Waals surface area contributed by atoms with Crippen molar-refractivity contribution in [3.05, 3.63) is 46.8 Å². The van der Waals surface area contributed by atoms with Crippen LogP contribution in [-0.4, -0.2) is 30.4 Å². The van der Waals surface area contributed by atoms with Crippen molar-refractivity contribution in [1.29, 1.82) is 0 Å². The first kappa shape index (κ1) is 20.5. The minimum absolute atomic E-state index is 0.119. The maximum Gasteiger partial charge on any atom is 0.249 e. The van der Waals surface area contributed by atoms with Crippen LogP contribution in [0.5, 0.6) is 11.5 Å². The van der Waals surface area contributed by atoms with Gasteiger partial charge in [0, 0.05) is 23.6 Å². The minimum atomic E-state index is -0.119. The van der Waals surface area contributed by atoms with Gasteiger partial charge in [-0.25, -0.2) is 0 Å². The summed E-state index contributed by atoms with van der Waals surface area (Å²) in [5, 5.41) is 0. The number of fused-ring (bicyclic) bond motifs is 1. The number of hydrogen-bond acceptors (Lipinski definition) is 5. The van der Waals surface area contributed by atoms with Gasteiger partial charge in [-0.3, -0.25) is 4.79 Å². The lowest BCUT2D eigenvalue weighted by Gasteiger charge is -2.08. The SMILES string of the molecule is CCn1c(=NC(=O)CCSc2ccc(C)cc2)sc2c(OC)ccc(OC)c21. The fourth-order valence-electron chi connectivity index (χ4n) is 2.89. The Morgan fingerprint density at radius 1 is 1.11 bits per heavy atom. The Kier molecular flexibility index (Phi) is 6.80. The smallest absolute Gasteiger partial charge is 0.249 e. The topological polar surface area (TPSA) is 52.8 Å². The van der Waals surface area contributed by atoms with Crippen LogP contribution in [0.1, 0.15) is 18.9 Å². The van der Waals surface area contributed by atoms with Gasteiger partial charge in [0.15, 0.2) is 4.80 Å². The van der Waals surface area contributed by atoms with E-state index >= 15 is 0 Å². The van der Waals surface area contributed by atoms with Crippen LogP contribution in [0, 0.1) is 6.92 Å². The number of benzene rings is 2. The van der Waals surface area contributed by atoms with Crippen LogP contribution in [0.25, 0.3) is 10.2 Å². The van der Waals surface area contributed by atoms with Crippen molar-refractivity contribution in [3.8, 4) is 11.5 Å². The molecule has 0 saturated carbocycles. The maximum absolute atomic E-state index is 12.5. The summed E-state index contributed by atoms with van der Waals surface area (Å²) in [4.78, 5) is 18.7. The molecule has 0 radical (unpaired) electrons. The number of aryl methyl sites for hydroxylation is 2. The summed E-state index contributed by atoms with van der Waals surface area (Å²) in [6, 6.07) is 12.1. The van der Waals surface area contributed by atoms with Crippen LogP contribution in [-0.2, 0) is 11.3 Å². The molecule has 3 aromatic rings. The highest BCUT2D eigenvalue weighted by molar-refractivity contribution is 7.99. The highest BCUT2D eigenvalue weighted by atomic mass is 32.2. The van der Waals surface area contributed by atoms with Gasteiger partial charge in [-0.15, -0.1) is 11.8 Å². The summed E-state index contributed by atoms with van der Waals surface area (Å²) in [6.07, 6.45) is 0.394. The third kappa shape index (κ3) is 4.42. The molecule has 1 heterocycles. The zero-order valence-electron chi connectivity index (χ0n) is 16.5. The van der Waals surface area contributed by atoms with E-state index in [1.165, 1.54) is 21.8 Å². The highest BCUT2D eigenvalue weighted by Crippen LogP contribution is 2.35. The Balaban J connectivity index is 1.84. The van der Waals surface area contributed by atoms with E-state index in [4.69, 9.17) is 9.47 Å². The van der Waals surface area contributed by atoms with Gasteiger partial charge in [0.05, 0.1) is 14.2 Å². The number of aromatic nitrogens is 1. The highest BCUT2D eigenvalue weighted by Gasteiger charge is 2.15. The van der Waals surface area contributed by atoms with Crippen molar-refractivity contribution in [1.82, 2.24) is 4.57 Å². The molecule has 0 unspecified atom stereocenters. The number of nitrogens with zero attached hydrogens (tertiary/aromatic N) is 2. The van der Waals surface area contributed by atoms with Crippen molar-refractivity contribution < 1.29 is 14.3 Å². The Morgan fingerprint density at radius 3 is 2.43 bits per heavy atom. The fourth-order valence-corrected chi connectivity index (χ4v) is 4.95. The van der Waals surface area contributed by atoms with E-state index in [0.29, 0.717) is 23.5 Å². The van der Waals surface area contributed by atoms with Crippen molar-refractivity contribution in [2.75, 3.05) is 20.0 Å². The number of methoxy groups -OCH3 is 2. The van der Waals surface area contributed by atoms with Crippen LogP contribution in [0.15, 0.2) is 46.3 Å². The monoisotopic (exact) mass is 416 g/mol. The summed E-state index contributed by atoms with van der Waals surface area (Å²) in [7, 11) is 3.28. The predicted molar refractivity (Wildman–Crippen MR) is 116 cm³/mol. The number of amides is 1. The molecule has 0 fully saturated rings. The van der Waals surface area contributed by atoms with Crippen LogP contribution >= 0.6 is 23.1 Å². The van der Waals surface area contributed by atoms with E-state index in [0.717, 1.165) is 21.7 Å². The van der Waals surface area contributed by atoms with Gasteiger partial charge < -0.3 is 14.0 Å². The third-order valence-electron chi connectivity index (χ3n) is 4.33. The third-order valence-corrected chi connectivity index (χ3v) is 6.44. The number of rotatable bonds is 7. The van der Waals surface area contributed by atoms with E-state index in [9.17, 15) is 4.79 Å². The Bertz CT molecular complexity index is 1040. The Morgan fingerprint density at radius 2 is 1.79 bits per heavy atom. The molecule has 0 saturated heterocycles. The van der Waals surface area contributed by atoms with Crippen molar-refractivity contribution in [3.63, 3.8) is 0 Å². The molecule has 0 bridgehead atoms. The molecule has 0 aliphatic heterocycles. The number of ether oxygens (including phenoxy) is 2. The summed E-state index contributed by atoms with van der Waals surface area (Å²) in [5.41, 5.74) is 2.14. The normalized spacial score (nSPS) is 11.8. The van der Waals surface area contributed by atoms with Gasteiger partial charge in [0.2, 0.25) is 5.91 Å². The van der Waals surface area contributed by atoms with Gasteiger partial charge in [0.25, 0.3) is 0 Å². The molecule has 28 heavy (non-hydrogen) atoms. The molecule has 1 aromatic heterocycles. The Labute approximate surface area is 173 Å². The van der Waals surface area contributed by atoms with Crippen molar-refractivity contribution >= 4 is 39.2 Å². The molecule has 1 amide bonds. The number of carbonyl (C=O) groups excluding carboxylic acids is 1. The van der Waals surface area contributed by atoms with Gasteiger partial charge in [0.1, 0.15) is 21.7 Å². The molecule has 2 aromatic carbocycles. The molecule has 7 heteroatoms. The molecular weight excluding hydrogens is 392 g/mol. The van der Waals surface area contributed by atoms with Gasteiger partial charge >= 0.3 is 0 Å². The Hall–Kier alpha value is -2.25. The predicted octanol–water partition coefficient (Wildman–Crippen LogP) is 4.66. The molecule has 0 aliphatic rings. The van der Waals surface area contributed by atoms with E-state index in [2.05, 4.69) is 36.2 Å². The van der Waals surface area contributed by atoms with Crippen LogP contribution < -0.4 is 14.3 Å². The molecule has 0 atom stereocenters. The minimum Gasteiger partial charge on any atom is -0.495 e. The molecule has 0 N–H and O–H groups in total. The average Bonchev–Trinajstić information content (AvgIpc) is 3.06. The van der Waals surface area contributed by atoms with Crippen LogP contribution in [0.4, 0.5) is 0 Å². The summed E-state index contributed by atoms with van der Waals surface area (Å²) >= 11 is 3.12. The van der Waals surface area contributed by atoms with Gasteiger partial charge in [-0.1, -0.05) is 29.0 Å². The van der Waals surface area contributed by atoms with E-state index in [1.54, 1.807) is 26.0 Å². The number of thiazole rings is 1. The van der Waals surface area contributed by atoms with Gasteiger partial charge in [-0.05, 0) is 38.1 Å². The van der Waals surface area contributed by atoms with Gasteiger partial charge in [-0.2, -0.15) is 4.99 Å². The fraction of sp³-hybridized carbons (Fsp3) is 0.333. The molecule has 0 aliphatic carbocycles. The van der Waals surface area contributed by atoms with E-state index in [1.807, 2.05) is 23.6 Å². The largest absolute Gasteiger partial charge is 0.495 e. The molecular formula is C21H24N2O3S2. The number of thioether (sulfide) groups is 1. The quantitative estimate of drug-likeness (QED) is 0.526. The van der Waals surface area contributed by atoms with Crippen LogP contribution in [0.3, 0.4) is 0 Å². The second kappa shape index (κ2) is 9.30. The molecule has 5 nitrogen and oxygen atoms in total. The number of carbonyl (C=O) groups is 1. The van der Waals surface area contributed by atoms with Crippen LogP contribution in [0.2, 0.25) is 0 Å². The van der Waals surface area contributed by atoms with E-state index in [-0.39, 0.29) is 5.91 Å². The lowest BCUT2D eigenvalue weighted by Crippen LogP contribution is -2.16. The summed E-state index contributed by atoms with van der Waals surface area (Å²) in [5.74, 6) is 2.09. The second-order valence-corrected chi connectivity index (χ2v) is 8.34. The standard InChI is InChI=1S/C21H24N2O3S2/c1-5-23-19-16(25-3)10-11-17(26-4)20(19)28-21(23)22-18(24)12-13-27-15-8-6-14(2)7-9-15/h6-11H,5,12-13H2,1-4H3. The summed E-state index contributed by atoms with van der Waals surface area (Å²) < 4.78 is 13.9. The number of hydrogen-bond donors (Lipinski definition) is 0. The lowest BCUT2D eigenvalue weighted by molar-refractivity contribution is -0.117. The first-order valence-electron chi connectivity index (χ1n) is 9.08. The lowest BCUT2D eigenvalue weighted by atomic mass is 10.2. The van der Waals surface area contributed by atoms with Crippen molar-refractivity contribution in [2.45, 2.75) is 31.7 Å². The molecule has 148 valence electrons. The van der Waals surface area contributed by atoms with E-state index < -0.39 is 0 Å². The first-order valence-corrected chi connectivity index (χ1v) is 10.9. The zero-order chi connectivity index (χ0) is 20.1. The first-order chi connectivity index (χ1) is 13.6. The average molecular weight is 417 g/mol. The van der Waals surface area contributed by atoms with Crippen molar-refractivity contribution in [2.24, 2.45) is 4.99 Å². The molecule has 3 rings (SSSR count). The second-order valence-electron chi connectivity index (χ2n) is 6.19. The zero-order valence-corrected chi connectivity index (χ0v) is 18.2. The molecule has 0 spiro atoms. The maximum atomic E-state index is 12.5.